The summed E-state index contributed by atoms with van der Waals surface area (Å²) in [5.74, 6) is -0.604. The summed E-state index contributed by atoms with van der Waals surface area (Å²) < 4.78 is 11.5. The maximum atomic E-state index is 13.1. The quantitative estimate of drug-likeness (QED) is 0.647. The van der Waals surface area contributed by atoms with E-state index >= 15 is 0 Å². The highest BCUT2D eigenvalue weighted by Gasteiger charge is 2.59. The SMILES string of the molecule is CC/C(C)=C/C(=O)O[C@@H]1c2c(C)coc2C(=O)[C@@H]2C[C@@H](O)C[C@H](C)[C@@]12C. The van der Waals surface area contributed by atoms with E-state index in [0.717, 1.165) is 17.6 Å². The van der Waals surface area contributed by atoms with Crippen LogP contribution in [0.5, 0.6) is 0 Å². The van der Waals surface area contributed by atoms with Crippen LogP contribution in [-0.4, -0.2) is 23.0 Å². The van der Waals surface area contributed by atoms with Crippen molar-refractivity contribution in [3.8, 4) is 0 Å². The van der Waals surface area contributed by atoms with Gasteiger partial charge in [-0.15, -0.1) is 0 Å². The number of aliphatic hydroxyl groups excluding tert-OH is 1. The molecule has 3 rings (SSSR count). The zero-order valence-electron chi connectivity index (χ0n) is 16.2. The van der Waals surface area contributed by atoms with Crippen molar-refractivity contribution in [2.75, 3.05) is 0 Å². The molecule has 0 aliphatic heterocycles. The average Bonchev–Trinajstić information content (AvgIpc) is 2.96. The predicted molar refractivity (Wildman–Crippen MR) is 96.7 cm³/mol. The van der Waals surface area contributed by atoms with E-state index in [1.165, 1.54) is 6.08 Å². The molecule has 1 heterocycles. The van der Waals surface area contributed by atoms with Crippen LogP contribution in [-0.2, 0) is 9.53 Å². The van der Waals surface area contributed by atoms with Crippen molar-refractivity contribution in [3.05, 3.63) is 34.8 Å². The van der Waals surface area contributed by atoms with Gasteiger partial charge in [-0.05, 0) is 44.6 Å². The number of fused-ring (bicyclic) bond motifs is 2. The molecule has 5 heteroatoms. The van der Waals surface area contributed by atoms with E-state index in [-0.39, 0.29) is 17.5 Å². The number of hydrogen-bond donors (Lipinski definition) is 1. The lowest BCUT2D eigenvalue weighted by Gasteiger charge is -2.52. The van der Waals surface area contributed by atoms with E-state index in [2.05, 4.69) is 0 Å². The summed E-state index contributed by atoms with van der Waals surface area (Å²) in [7, 11) is 0. The number of aliphatic hydroxyl groups is 1. The van der Waals surface area contributed by atoms with Crippen molar-refractivity contribution in [1.29, 1.82) is 0 Å². The van der Waals surface area contributed by atoms with Gasteiger partial charge in [0.25, 0.3) is 0 Å². The molecule has 142 valence electrons. The first-order valence-electron chi connectivity index (χ1n) is 9.38. The molecule has 2 aliphatic rings. The zero-order valence-corrected chi connectivity index (χ0v) is 16.2. The number of carbonyl (C=O) groups excluding carboxylic acids is 2. The Morgan fingerprint density at radius 1 is 1.46 bits per heavy atom. The number of furan rings is 1. The lowest BCUT2D eigenvalue weighted by molar-refractivity contribution is -0.163. The summed E-state index contributed by atoms with van der Waals surface area (Å²) in [5.41, 5.74) is 1.88. The van der Waals surface area contributed by atoms with E-state index in [9.17, 15) is 14.7 Å². The Hall–Kier alpha value is -1.88. The molecule has 0 unspecified atom stereocenters. The minimum Gasteiger partial charge on any atom is -0.461 e. The third kappa shape index (κ3) is 2.82. The lowest BCUT2D eigenvalue weighted by atomic mass is 9.53. The number of allylic oxidation sites excluding steroid dienone is 1. The minimum atomic E-state index is -0.568. The van der Waals surface area contributed by atoms with E-state index in [1.54, 1.807) is 6.26 Å². The van der Waals surface area contributed by atoms with Crippen molar-refractivity contribution < 1.29 is 23.8 Å². The van der Waals surface area contributed by atoms with Gasteiger partial charge in [-0.2, -0.15) is 0 Å². The molecule has 5 nitrogen and oxygen atoms in total. The molecule has 5 atom stereocenters. The molecule has 26 heavy (non-hydrogen) atoms. The first-order chi connectivity index (χ1) is 12.2. The maximum absolute atomic E-state index is 13.1. The van der Waals surface area contributed by atoms with E-state index in [4.69, 9.17) is 9.15 Å². The van der Waals surface area contributed by atoms with E-state index in [1.807, 2.05) is 34.6 Å². The topological polar surface area (TPSA) is 76.7 Å². The monoisotopic (exact) mass is 360 g/mol. The Morgan fingerprint density at radius 2 is 2.15 bits per heavy atom. The van der Waals surface area contributed by atoms with E-state index < -0.39 is 29.5 Å². The Bertz CT molecular complexity index is 758. The fourth-order valence-corrected chi connectivity index (χ4v) is 4.54. The highest BCUT2D eigenvalue weighted by atomic mass is 16.5. The van der Waals surface area contributed by atoms with Gasteiger partial charge in [0.1, 0.15) is 6.10 Å². The van der Waals surface area contributed by atoms with Crippen molar-refractivity contribution in [2.45, 2.75) is 66.1 Å². The second-order valence-corrected chi connectivity index (χ2v) is 8.13. The number of Topliss-reactive ketones (excluding diaryl/α,β-unsaturated/α-hetero) is 1. The van der Waals surface area contributed by atoms with Crippen LogP contribution in [0.25, 0.3) is 0 Å². The molecule has 2 aliphatic carbocycles. The molecule has 1 aromatic heterocycles. The third-order valence-corrected chi connectivity index (χ3v) is 6.49. The number of ether oxygens (including phenoxy) is 1. The third-order valence-electron chi connectivity index (χ3n) is 6.49. The van der Waals surface area contributed by atoms with Gasteiger partial charge in [0.2, 0.25) is 5.78 Å². The summed E-state index contributed by atoms with van der Waals surface area (Å²) in [6.45, 7) is 9.78. The normalized spacial score (nSPS) is 34.2. The fourth-order valence-electron chi connectivity index (χ4n) is 4.54. The molecule has 0 radical (unpaired) electrons. The van der Waals surface area contributed by atoms with Crippen LogP contribution in [0.1, 0.15) is 74.7 Å². The smallest absolute Gasteiger partial charge is 0.331 e. The highest BCUT2D eigenvalue weighted by Crippen LogP contribution is 2.59. The molecule has 1 N–H and O–H groups in total. The Balaban J connectivity index is 2.09. The number of rotatable bonds is 3. The van der Waals surface area contributed by atoms with Crippen LogP contribution >= 0.6 is 0 Å². The van der Waals surface area contributed by atoms with Crippen molar-refractivity contribution in [3.63, 3.8) is 0 Å². The fraction of sp³-hybridized carbons (Fsp3) is 0.619. The second kappa shape index (κ2) is 6.69. The van der Waals surface area contributed by atoms with Crippen LogP contribution < -0.4 is 0 Å². The maximum Gasteiger partial charge on any atom is 0.331 e. The molecule has 1 fully saturated rings. The van der Waals surface area contributed by atoms with Crippen molar-refractivity contribution in [1.82, 2.24) is 0 Å². The summed E-state index contributed by atoms with van der Waals surface area (Å²) in [6, 6.07) is 0. The minimum absolute atomic E-state index is 0.0247. The van der Waals surface area contributed by atoms with Gasteiger partial charge in [-0.25, -0.2) is 4.79 Å². The first kappa shape index (κ1) is 18.9. The number of ketones is 1. The molecule has 0 aromatic carbocycles. The van der Waals surface area contributed by atoms with Crippen molar-refractivity contribution >= 4 is 11.8 Å². The van der Waals surface area contributed by atoms with Crippen LogP contribution in [0.2, 0.25) is 0 Å². The second-order valence-electron chi connectivity index (χ2n) is 8.13. The number of aryl methyl sites for hydroxylation is 1. The number of hydrogen-bond acceptors (Lipinski definition) is 5. The van der Waals surface area contributed by atoms with Crippen LogP contribution in [0.15, 0.2) is 22.3 Å². The molecular formula is C21H28O5. The zero-order chi connectivity index (χ0) is 19.2. The molecule has 1 saturated carbocycles. The lowest BCUT2D eigenvalue weighted by Crippen LogP contribution is -2.53. The van der Waals surface area contributed by atoms with Gasteiger partial charge < -0.3 is 14.3 Å². The van der Waals surface area contributed by atoms with Gasteiger partial charge in [-0.1, -0.05) is 26.3 Å². The number of carbonyl (C=O) groups is 2. The molecular weight excluding hydrogens is 332 g/mol. The van der Waals surface area contributed by atoms with Gasteiger partial charge in [0, 0.05) is 23.0 Å². The molecule has 1 aromatic rings. The molecule has 0 spiro atoms. The Kier molecular flexibility index (Phi) is 4.86. The highest BCUT2D eigenvalue weighted by molar-refractivity contribution is 5.99. The predicted octanol–water partition coefficient (Wildman–Crippen LogP) is 4.14. The summed E-state index contributed by atoms with van der Waals surface area (Å²) in [4.78, 5) is 25.6. The molecule has 0 saturated heterocycles. The summed E-state index contributed by atoms with van der Waals surface area (Å²) in [5, 5.41) is 10.2. The van der Waals surface area contributed by atoms with Gasteiger partial charge in [0.05, 0.1) is 12.4 Å². The summed E-state index contributed by atoms with van der Waals surface area (Å²) >= 11 is 0. The van der Waals surface area contributed by atoms with Crippen molar-refractivity contribution in [2.24, 2.45) is 17.3 Å². The van der Waals surface area contributed by atoms with Crippen LogP contribution in [0, 0.1) is 24.2 Å². The Morgan fingerprint density at radius 3 is 2.81 bits per heavy atom. The average molecular weight is 360 g/mol. The van der Waals surface area contributed by atoms with Gasteiger partial charge >= 0.3 is 5.97 Å². The van der Waals surface area contributed by atoms with Crippen LogP contribution in [0.3, 0.4) is 0 Å². The first-order valence-corrected chi connectivity index (χ1v) is 9.38. The standard InChI is InChI=1S/C21H28O5/c1-6-11(2)7-16(23)26-20-17-12(3)10-25-19(17)18(24)15-9-14(22)8-13(4)21(15,20)5/h7,10,13-15,20,22H,6,8-9H2,1-5H3/b11-7+/t13-,14-,15-,20+,21+/m0/s1. The number of esters is 1. The Labute approximate surface area is 154 Å². The van der Waals surface area contributed by atoms with Crippen LogP contribution in [0.4, 0.5) is 0 Å². The largest absolute Gasteiger partial charge is 0.461 e. The van der Waals surface area contributed by atoms with Gasteiger partial charge in [-0.3, -0.25) is 4.79 Å². The van der Waals surface area contributed by atoms with E-state index in [0.29, 0.717) is 18.4 Å². The summed E-state index contributed by atoms with van der Waals surface area (Å²) in [6.07, 6.45) is 3.72. The molecule has 0 bridgehead atoms. The van der Waals surface area contributed by atoms with Gasteiger partial charge in [0.15, 0.2) is 5.76 Å². The molecule has 0 amide bonds.